The number of carbonyl (C=O) groups is 1. The minimum atomic E-state index is -0.118. The Hall–Kier alpha value is -2.01. The molecule has 1 fully saturated rings. The molecular formula is C17H22N4O. The van der Waals surface area contributed by atoms with Crippen LogP contribution in [0, 0.1) is 0 Å². The van der Waals surface area contributed by atoms with Crippen LogP contribution in [0.25, 0.3) is 11.0 Å². The number of hydrogen-bond donors (Lipinski definition) is 1. The van der Waals surface area contributed by atoms with Crippen molar-refractivity contribution in [1.82, 2.24) is 20.2 Å². The van der Waals surface area contributed by atoms with Gasteiger partial charge in [0.25, 0.3) is 5.91 Å². The number of benzene rings is 1. The fraction of sp³-hybridized carbons (Fsp3) is 0.471. The number of fused-ring (bicyclic) bond motifs is 1. The van der Waals surface area contributed by atoms with Crippen LogP contribution >= 0.6 is 0 Å². The summed E-state index contributed by atoms with van der Waals surface area (Å²) in [4.78, 5) is 23.5. The molecule has 22 heavy (non-hydrogen) atoms. The summed E-state index contributed by atoms with van der Waals surface area (Å²) in [5.41, 5.74) is 1.97. The van der Waals surface area contributed by atoms with Crippen molar-refractivity contribution in [3.05, 3.63) is 36.2 Å². The average molecular weight is 298 g/mol. The first-order valence-electron chi connectivity index (χ1n) is 8.01. The Morgan fingerprint density at radius 1 is 1.27 bits per heavy atom. The summed E-state index contributed by atoms with van der Waals surface area (Å²) >= 11 is 0. The van der Waals surface area contributed by atoms with Crippen LogP contribution in [-0.4, -0.2) is 46.5 Å². The molecule has 1 aliphatic heterocycles. The van der Waals surface area contributed by atoms with Crippen LogP contribution in [-0.2, 0) is 0 Å². The smallest absolute Gasteiger partial charge is 0.271 e. The number of piperidine rings is 1. The number of rotatable bonds is 4. The number of nitrogens with one attached hydrogen (secondary N) is 1. The van der Waals surface area contributed by atoms with E-state index in [0.717, 1.165) is 43.5 Å². The molecule has 0 unspecified atom stereocenters. The second-order valence-electron chi connectivity index (χ2n) is 5.83. The molecule has 1 aliphatic rings. The second-order valence-corrected chi connectivity index (χ2v) is 5.83. The van der Waals surface area contributed by atoms with Crippen molar-refractivity contribution < 1.29 is 4.79 Å². The third kappa shape index (κ3) is 3.42. The molecule has 1 N–H and O–H groups in total. The van der Waals surface area contributed by atoms with E-state index in [9.17, 15) is 4.79 Å². The van der Waals surface area contributed by atoms with Gasteiger partial charge in [0.05, 0.1) is 17.2 Å². The summed E-state index contributed by atoms with van der Waals surface area (Å²) in [7, 11) is 0. The van der Waals surface area contributed by atoms with Crippen LogP contribution in [0.1, 0.15) is 36.7 Å². The lowest BCUT2D eigenvalue weighted by Crippen LogP contribution is -2.45. The molecule has 1 aromatic heterocycles. The third-order valence-corrected chi connectivity index (χ3v) is 4.14. The van der Waals surface area contributed by atoms with E-state index in [1.165, 1.54) is 6.42 Å². The van der Waals surface area contributed by atoms with Crippen LogP contribution < -0.4 is 5.32 Å². The highest BCUT2D eigenvalue weighted by atomic mass is 16.1. The van der Waals surface area contributed by atoms with Crippen LogP contribution in [0.15, 0.2) is 30.5 Å². The molecule has 0 aliphatic carbocycles. The Bertz CT molecular complexity index is 650. The molecule has 116 valence electrons. The summed E-state index contributed by atoms with van der Waals surface area (Å²) in [6, 6.07) is 7.84. The summed E-state index contributed by atoms with van der Waals surface area (Å²) in [6.07, 6.45) is 4.76. The molecule has 5 heteroatoms. The minimum absolute atomic E-state index is 0.118. The van der Waals surface area contributed by atoms with Gasteiger partial charge >= 0.3 is 0 Å². The van der Waals surface area contributed by atoms with Gasteiger partial charge in [0.2, 0.25) is 0 Å². The highest BCUT2D eigenvalue weighted by molar-refractivity contribution is 5.93. The molecule has 1 amide bonds. The Morgan fingerprint density at radius 3 is 2.73 bits per heavy atom. The van der Waals surface area contributed by atoms with Gasteiger partial charge in [-0.25, -0.2) is 4.98 Å². The topological polar surface area (TPSA) is 58.1 Å². The number of aromatic nitrogens is 2. The number of likely N-dealkylation sites (tertiary alicyclic amines) is 1. The van der Waals surface area contributed by atoms with E-state index in [2.05, 4.69) is 27.1 Å². The summed E-state index contributed by atoms with van der Waals surface area (Å²) in [5, 5.41) is 3.09. The Kier molecular flexibility index (Phi) is 4.63. The van der Waals surface area contributed by atoms with Gasteiger partial charge in [-0.3, -0.25) is 9.78 Å². The fourth-order valence-corrected chi connectivity index (χ4v) is 2.94. The molecular weight excluding hydrogens is 276 g/mol. The van der Waals surface area contributed by atoms with E-state index in [4.69, 9.17) is 0 Å². The number of carbonyl (C=O) groups excluding carboxylic acids is 1. The molecule has 2 heterocycles. The van der Waals surface area contributed by atoms with Gasteiger partial charge in [0, 0.05) is 19.1 Å². The fourth-order valence-electron chi connectivity index (χ4n) is 2.94. The van der Waals surface area contributed by atoms with E-state index < -0.39 is 0 Å². The first-order valence-corrected chi connectivity index (χ1v) is 8.01. The van der Waals surface area contributed by atoms with Gasteiger partial charge < -0.3 is 10.2 Å². The molecule has 0 saturated carbocycles. The Balaban J connectivity index is 1.61. The van der Waals surface area contributed by atoms with E-state index in [0.29, 0.717) is 5.69 Å². The standard InChI is InChI=1S/C17H22N4O/c1-2-9-21-10-7-13(8-11-21)19-17(22)16-12-18-14-5-3-4-6-15(14)20-16/h3-6,12-13H,2,7-11H2,1H3,(H,19,22). The second kappa shape index (κ2) is 6.83. The Morgan fingerprint density at radius 2 is 2.00 bits per heavy atom. The highest BCUT2D eigenvalue weighted by Gasteiger charge is 2.21. The predicted molar refractivity (Wildman–Crippen MR) is 86.8 cm³/mol. The van der Waals surface area contributed by atoms with Gasteiger partial charge in [0.1, 0.15) is 5.69 Å². The van der Waals surface area contributed by atoms with E-state index in [-0.39, 0.29) is 11.9 Å². The summed E-state index contributed by atoms with van der Waals surface area (Å²) < 4.78 is 0. The zero-order valence-corrected chi connectivity index (χ0v) is 13.0. The first-order chi connectivity index (χ1) is 10.8. The van der Waals surface area contributed by atoms with Crippen molar-refractivity contribution in [2.24, 2.45) is 0 Å². The zero-order chi connectivity index (χ0) is 15.4. The van der Waals surface area contributed by atoms with Gasteiger partial charge in [-0.15, -0.1) is 0 Å². The minimum Gasteiger partial charge on any atom is -0.348 e. The molecule has 0 atom stereocenters. The monoisotopic (exact) mass is 298 g/mol. The Labute approximate surface area is 130 Å². The maximum atomic E-state index is 12.3. The van der Waals surface area contributed by atoms with Crippen molar-refractivity contribution in [3.8, 4) is 0 Å². The molecule has 3 rings (SSSR count). The average Bonchev–Trinajstić information content (AvgIpc) is 2.56. The molecule has 0 bridgehead atoms. The van der Waals surface area contributed by atoms with E-state index >= 15 is 0 Å². The van der Waals surface area contributed by atoms with Gasteiger partial charge in [0.15, 0.2) is 0 Å². The number of hydrogen-bond acceptors (Lipinski definition) is 4. The number of para-hydroxylation sites is 2. The number of nitrogens with zero attached hydrogens (tertiary/aromatic N) is 3. The lowest BCUT2D eigenvalue weighted by atomic mass is 10.0. The van der Waals surface area contributed by atoms with Crippen LogP contribution in [0.5, 0.6) is 0 Å². The normalized spacial score (nSPS) is 16.8. The largest absolute Gasteiger partial charge is 0.348 e. The van der Waals surface area contributed by atoms with Crippen LogP contribution in [0.4, 0.5) is 0 Å². The van der Waals surface area contributed by atoms with Gasteiger partial charge in [-0.05, 0) is 37.9 Å². The number of amides is 1. The molecule has 1 aromatic carbocycles. The van der Waals surface area contributed by atoms with Crippen LogP contribution in [0.2, 0.25) is 0 Å². The summed E-state index contributed by atoms with van der Waals surface area (Å²) in [6.45, 7) is 5.47. The maximum Gasteiger partial charge on any atom is 0.271 e. The SMILES string of the molecule is CCCN1CCC(NC(=O)c2cnc3ccccc3n2)CC1. The molecule has 0 spiro atoms. The van der Waals surface area contributed by atoms with E-state index in [1.54, 1.807) is 6.20 Å². The van der Waals surface area contributed by atoms with Gasteiger partial charge in [-0.2, -0.15) is 0 Å². The molecule has 5 nitrogen and oxygen atoms in total. The quantitative estimate of drug-likeness (QED) is 0.940. The van der Waals surface area contributed by atoms with Crippen molar-refractivity contribution in [2.75, 3.05) is 19.6 Å². The molecule has 2 aromatic rings. The highest BCUT2D eigenvalue weighted by Crippen LogP contribution is 2.12. The predicted octanol–water partition coefficient (Wildman–Crippen LogP) is 2.23. The molecule has 0 radical (unpaired) electrons. The van der Waals surface area contributed by atoms with Crippen LogP contribution in [0.3, 0.4) is 0 Å². The van der Waals surface area contributed by atoms with Gasteiger partial charge in [-0.1, -0.05) is 19.1 Å². The lowest BCUT2D eigenvalue weighted by Gasteiger charge is -2.31. The summed E-state index contributed by atoms with van der Waals surface area (Å²) in [5.74, 6) is -0.118. The van der Waals surface area contributed by atoms with Crippen molar-refractivity contribution in [1.29, 1.82) is 0 Å². The van der Waals surface area contributed by atoms with E-state index in [1.807, 2.05) is 24.3 Å². The van der Waals surface area contributed by atoms with Crippen molar-refractivity contribution >= 4 is 16.9 Å². The third-order valence-electron chi connectivity index (χ3n) is 4.14. The maximum absolute atomic E-state index is 12.3. The van der Waals surface area contributed by atoms with Crippen molar-refractivity contribution in [3.63, 3.8) is 0 Å². The lowest BCUT2D eigenvalue weighted by molar-refractivity contribution is 0.0906. The molecule has 1 saturated heterocycles. The zero-order valence-electron chi connectivity index (χ0n) is 13.0. The van der Waals surface area contributed by atoms with Crippen molar-refractivity contribution in [2.45, 2.75) is 32.2 Å². The first kappa shape index (κ1) is 14.9.